The number of nitro benzene ring substituents is 1. The van der Waals surface area contributed by atoms with E-state index in [-0.39, 0.29) is 90.0 Å². The molecule has 4 aliphatic rings. The maximum atomic E-state index is 16.0. The normalized spacial score (nSPS) is 19.7. The van der Waals surface area contributed by atoms with Crippen LogP contribution in [0.5, 0.6) is 63.2 Å². The highest BCUT2D eigenvalue weighted by Crippen LogP contribution is 2.48. The highest BCUT2D eigenvalue weighted by Gasteiger charge is 2.44. The number of carbonyl (C=O) groups excluding carboxylic acids is 8. The van der Waals surface area contributed by atoms with Gasteiger partial charge in [0.25, 0.3) is 0 Å². The minimum absolute atomic E-state index is 0.00919. The van der Waals surface area contributed by atoms with Gasteiger partial charge in [-0.1, -0.05) is 35.9 Å². The largest absolute Gasteiger partial charge is 0.504 e. The van der Waals surface area contributed by atoms with E-state index in [4.69, 9.17) is 49.5 Å². The van der Waals surface area contributed by atoms with Gasteiger partial charge in [0.1, 0.15) is 82.9 Å². The number of methoxy groups -OCH3 is 6. The quantitative estimate of drug-likeness (QED) is 0.0350. The molecule has 528 valence electrons. The first-order valence-electron chi connectivity index (χ1n) is 30.0. The number of alkyl halides is 3. The van der Waals surface area contributed by atoms with E-state index in [2.05, 4.69) is 37.2 Å². The third kappa shape index (κ3) is 15.0. The number of carbonyl (C=O) groups is 8. The maximum absolute atomic E-state index is 16.0. The molecule has 11 rings (SSSR count). The molecule has 0 saturated carbocycles. The zero-order valence-corrected chi connectivity index (χ0v) is 54.6. The van der Waals surface area contributed by atoms with Gasteiger partial charge in [-0.25, -0.2) is 0 Å². The Balaban J connectivity index is 1.19. The van der Waals surface area contributed by atoms with Crippen molar-refractivity contribution in [1.29, 1.82) is 0 Å². The molecule has 4 aliphatic heterocycles. The smallest absolute Gasteiger partial charge is 0.471 e. The molecule has 10 N–H and O–H groups in total. The van der Waals surface area contributed by atoms with E-state index in [0.29, 0.717) is 12.1 Å². The van der Waals surface area contributed by atoms with Gasteiger partial charge in [-0.2, -0.15) is 17.6 Å². The van der Waals surface area contributed by atoms with Gasteiger partial charge in [0, 0.05) is 42.8 Å². The van der Waals surface area contributed by atoms with Gasteiger partial charge in [0.15, 0.2) is 23.0 Å². The highest BCUT2D eigenvalue weighted by atomic mass is 35.5. The molecular formula is C67H60ClF4N9O20. The van der Waals surface area contributed by atoms with E-state index in [0.717, 1.165) is 49.6 Å². The number of rotatable bonds is 13. The number of nitrogens with one attached hydrogen (secondary N) is 8. The van der Waals surface area contributed by atoms with Crippen molar-refractivity contribution in [3.63, 3.8) is 0 Å². The standard InChI is InChI=1S/C67H60ClF4N9O20/c1-73-60(85)55-38-26-35(95-3)27-48(98-6)50(38)37-20-29(9-13-44(37)96-4)51-62(87)79-56(65(90)78-55)57(83)31-11-14-45(39(68)21-31)101-49-24-33(22-43(82)58(49)99-7)54(64(89)76-51)77-63(88)53-32-18-34(94-2)25-36(19-32)100-47-23-30(10-15-46(47)97-5)52(80-66(91)67(70,71)72)61(86)74-41(59(84)75-53)16-28-8-12-40(69)42(17-28)81(92)93/h8-15,17-27,41,51-57,82-83H,16H2,1-7H3,(H,73,85)(H,74,86)(H,75,84)(H,76,89)(H,77,88)(H,78,90)(H,79,87)(H,80,91)/t41-,51-,52-,53+,54-,55+,56+,57-/m1/s1. The molecule has 7 aromatic rings. The molecule has 0 aliphatic carbocycles. The molecule has 29 nitrogen and oxygen atoms in total. The lowest BCUT2D eigenvalue weighted by atomic mass is 9.89. The summed E-state index contributed by atoms with van der Waals surface area (Å²) in [5, 5.41) is 55.1. The number of likely N-dealkylation sites (N-methyl/N-ethyl adjacent to an activating group) is 1. The summed E-state index contributed by atoms with van der Waals surface area (Å²) in [6.45, 7) is 0. The number of hydrogen-bond acceptors (Lipinski definition) is 20. The first-order chi connectivity index (χ1) is 48.1. The Labute approximate surface area is 574 Å². The molecule has 12 bridgehead atoms. The Hall–Kier alpha value is -12.1. The van der Waals surface area contributed by atoms with Crippen molar-refractivity contribution in [2.75, 3.05) is 49.7 Å². The third-order valence-corrected chi connectivity index (χ3v) is 16.7. The number of ether oxygens (including phenoxy) is 8. The van der Waals surface area contributed by atoms with E-state index in [9.17, 15) is 52.3 Å². The number of aliphatic hydroxyl groups is 1. The van der Waals surface area contributed by atoms with E-state index in [1.165, 1.54) is 103 Å². The van der Waals surface area contributed by atoms with Crippen LogP contribution < -0.4 is 80.4 Å². The molecule has 4 heterocycles. The van der Waals surface area contributed by atoms with Gasteiger partial charge in [0.05, 0.1) is 52.6 Å². The van der Waals surface area contributed by atoms with Gasteiger partial charge in [-0.15, -0.1) is 0 Å². The van der Waals surface area contributed by atoms with Gasteiger partial charge in [0.2, 0.25) is 52.9 Å². The summed E-state index contributed by atoms with van der Waals surface area (Å²) >= 11 is 6.87. The fraction of sp³-hybridized carbons (Fsp3) is 0.254. The predicted octanol–water partition coefficient (Wildman–Crippen LogP) is 6.18. The second kappa shape index (κ2) is 29.5. The van der Waals surface area contributed by atoms with Gasteiger partial charge in [-0.05, 0) is 112 Å². The molecule has 8 amide bonds. The van der Waals surface area contributed by atoms with Crippen molar-refractivity contribution in [3.8, 4) is 74.4 Å². The second-order valence-corrected chi connectivity index (χ2v) is 23.0. The summed E-state index contributed by atoms with van der Waals surface area (Å²) in [5.74, 6) is -15.5. The fourth-order valence-electron chi connectivity index (χ4n) is 11.5. The monoisotopic (exact) mass is 1420 g/mol. The van der Waals surface area contributed by atoms with Crippen LogP contribution in [0.25, 0.3) is 11.1 Å². The first-order valence-corrected chi connectivity index (χ1v) is 30.4. The second-order valence-electron chi connectivity index (χ2n) is 22.6. The number of nitro groups is 1. The number of benzene rings is 7. The van der Waals surface area contributed by atoms with Crippen LogP contribution in [0.3, 0.4) is 0 Å². The average molecular weight is 1420 g/mol. The van der Waals surface area contributed by atoms with Crippen LogP contribution in [0.2, 0.25) is 5.02 Å². The Bertz CT molecular complexity index is 4530. The van der Waals surface area contributed by atoms with Crippen LogP contribution >= 0.6 is 11.6 Å². The molecule has 8 atom stereocenters. The summed E-state index contributed by atoms with van der Waals surface area (Å²) < 4.78 is 104. The summed E-state index contributed by atoms with van der Waals surface area (Å²) in [5.41, 5.74) is -2.57. The molecule has 7 aromatic carbocycles. The lowest BCUT2D eigenvalue weighted by Crippen LogP contribution is -2.56. The molecule has 101 heavy (non-hydrogen) atoms. The predicted molar refractivity (Wildman–Crippen MR) is 344 cm³/mol. The highest BCUT2D eigenvalue weighted by molar-refractivity contribution is 6.32. The molecule has 0 unspecified atom stereocenters. The van der Waals surface area contributed by atoms with Gasteiger partial charge < -0.3 is 90.6 Å². The minimum atomic E-state index is -5.62. The number of halogens is 5. The van der Waals surface area contributed by atoms with E-state index >= 15 is 24.0 Å². The SMILES string of the molecule is CNC(=O)[C@H]1NC(=O)[C@H]2NC(=O)[C@H](NC(=O)[C@H](NC(=O)[C@H]3NC(=O)[C@@H](Cc4ccc(F)c([N+](=O)[O-])c4)NC(=O)[C@H](NC(=O)C(F)(F)F)c4ccc(OC)c(c4)Oc4cc(OC)cc3c4)c3cc(O)c(OC)c(c3)Oc3ccc(cc3Cl)[C@H]2O)c2ccc(OC)c(c2)-c2c(OC)cc(OC)cc21. The van der Waals surface area contributed by atoms with Crippen LogP contribution in [-0.2, 0) is 44.8 Å². The topological polar surface area (TPSA) is 390 Å². The van der Waals surface area contributed by atoms with Crippen molar-refractivity contribution in [2.45, 2.75) is 61.0 Å². The molecule has 0 fully saturated rings. The number of amides is 8. The van der Waals surface area contributed by atoms with Crippen molar-refractivity contribution in [3.05, 3.63) is 175 Å². The van der Waals surface area contributed by atoms with Crippen molar-refractivity contribution in [1.82, 2.24) is 42.5 Å². The molecule has 34 heteroatoms. The number of hydrogen-bond donors (Lipinski definition) is 10. The summed E-state index contributed by atoms with van der Waals surface area (Å²) in [6.07, 6.45) is -8.55. The number of phenolic OH excluding ortho intramolecular Hbond substituents is 1. The summed E-state index contributed by atoms with van der Waals surface area (Å²) in [7, 11) is 8.70. The Kier molecular flexibility index (Phi) is 20.9. The van der Waals surface area contributed by atoms with Crippen molar-refractivity contribution >= 4 is 64.5 Å². The van der Waals surface area contributed by atoms with Crippen LogP contribution in [0, 0.1) is 15.9 Å². The molecule has 0 spiro atoms. The van der Waals surface area contributed by atoms with Gasteiger partial charge >= 0.3 is 17.8 Å². The van der Waals surface area contributed by atoms with Gasteiger partial charge in [-0.3, -0.25) is 48.5 Å². The first kappa shape index (κ1) is 71.6. The average Bonchev–Trinajstić information content (AvgIpc) is 0.767. The molecular weight excluding hydrogens is 1360 g/mol. The third-order valence-electron chi connectivity index (χ3n) is 16.4. The molecule has 0 aromatic heterocycles. The lowest BCUT2D eigenvalue weighted by molar-refractivity contribution is -0.387. The number of fused-ring (bicyclic) bond motifs is 12. The van der Waals surface area contributed by atoms with Crippen LogP contribution in [0.1, 0.15) is 75.3 Å². The summed E-state index contributed by atoms with van der Waals surface area (Å²) in [4.78, 5) is 130. The number of nitrogens with zero attached hydrogens (tertiary/aromatic N) is 1. The Morgan fingerprint density at radius 2 is 1.26 bits per heavy atom. The Morgan fingerprint density at radius 1 is 0.604 bits per heavy atom. The van der Waals surface area contributed by atoms with E-state index in [1.54, 1.807) is 5.32 Å². The molecule has 0 saturated heterocycles. The molecule has 0 radical (unpaired) electrons. The fourth-order valence-corrected chi connectivity index (χ4v) is 11.7. The van der Waals surface area contributed by atoms with Crippen LogP contribution in [0.15, 0.2) is 115 Å². The minimum Gasteiger partial charge on any atom is -0.504 e. The van der Waals surface area contributed by atoms with Crippen LogP contribution in [0.4, 0.5) is 23.2 Å². The van der Waals surface area contributed by atoms with Crippen molar-refractivity contribution < 1.29 is 109 Å². The number of aliphatic hydroxyl groups excluding tert-OH is 1. The lowest BCUT2D eigenvalue weighted by Gasteiger charge is -2.32. The zero-order valence-electron chi connectivity index (χ0n) is 53.9. The number of phenols is 1. The number of aromatic hydroxyl groups is 1. The zero-order chi connectivity index (χ0) is 73.0. The maximum Gasteiger partial charge on any atom is 0.471 e. The van der Waals surface area contributed by atoms with E-state index in [1.807, 2.05) is 0 Å². The Morgan fingerprint density at radius 3 is 1.92 bits per heavy atom. The van der Waals surface area contributed by atoms with E-state index < -0.39 is 153 Å². The van der Waals surface area contributed by atoms with Crippen molar-refractivity contribution in [2.24, 2.45) is 0 Å². The summed E-state index contributed by atoms with van der Waals surface area (Å²) in [6, 6.07) is 7.03. The van der Waals surface area contributed by atoms with Crippen LogP contribution in [-0.4, -0.2) is 130 Å².